The van der Waals surface area contributed by atoms with E-state index in [9.17, 15) is 4.79 Å². The van der Waals surface area contributed by atoms with Gasteiger partial charge in [-0.25, -0.2) is 4.79 Å². The van der Waals surface area contributed by atoms with Gasteiger partial charge in [0.05, 0.1) is 27.0 Å². The van der Waals surface area contributed by atoms with E-state index in [4.69, 9.17) is 18.6 Å². The summed E-state index contributed by atoms with van der Waals surface area (Å²) in [6.45, 7) is 0.673. The highest BCUT2D eigenvalue weighted by molar-refractivity contribution is 5.73. The molecule has 1 atom stereocenters. The summed E-state index contributed by atoms with van der Waals surface area (Å²) in [6, 6.07) is 8.77. The molecule has 1 aromatic heterocycles. The standard InChI is InChI=1S/C17H22N2O5/c1-21-13-7-6-12(9-15(13)22-2)10-18-17(20)19-11-16(23-3)14-5-4-8-24-14/h4-9,16H,10-11H2,1-3H3,(H2,18,19,20). The molecule has 2 N–H and O–H groups in total. The van der Waals surface area contributed by atoms with Crippen LogP contribution < -0.4 is 20.1 Å². The number of urea groups is 1. The van der Waals surface area contributed by atoms with Crippen molar-refractivity contribution in [1.29, 1.82) is 0 Å². The Morgan fingerprint density at radius 2 is 1.92 bits per heavy atom. The van der Waals surface area contributed by atoms with Crippen molar-refractivity contribution in [3.8, 4) is 11.5 Å². The quantitative estimate of drug-likeness (QED) is 0.775. The lowest BCUT2D eigenvalue weighted by Crippen LogP contribution is -2.37. The minimum atomic E-state index is -0.327. The molecule has 130 valence electrons. The van der Waals surface area contributed by atoms with Crippen LogP contribution in [0.15, 0.2) is 41.0 Å². The molecule has 7 nitrogen and oxygen atoms in total. The number of hydrogen-bond acceptors (Lipinski definition) is 5. The number of rotatable bonds is 8. The number of furan rings is 1. The van der Waals surface area contributed by atoms with Gasteiger partial charge in [-0.15, -0.1) is 0 Å². The maximum absolute atomic E-state index is 11.9. The molecule has 0 saturated heterocycles. The fraction of sp³-hybridized carbons (Fsp3) is 0.353. The molecule has 0 radical (unpaired) electrons. The summed E-state index contributed by atoms with van der Waals surface area (Å²) >= 11 is 0. The molecule has 0 saturated carbocycles. The van der Waals surface area contributed by atoms with Gasteiger partial charge >= 0.3 is 6.03 Å². The second-order valence-corrected chi connectivity index (χ2v) is 4.99. The van der Waals surface area contributed by atoms with Crippen molar-refractivity contribution in [3.05, 3.63) is 47.9 Å². The van der Waals surface area contributed by atoms with Crippen LogP contribution >= 0.6 is 0 Å². The lowest BCUT2D eigenvalue weighted by Gasteiger charge is -2.14. The number of methoxy groups -OCH3 is 3. The largest absolute Gasteiger partial charge is 0.493 e. The van der Waals surface area contributed by atoms with E-state index in [-0.39, 0.29) is 12.1 Å². The molecule has 7 heteroatoms. The third-order valence-corrected chi connectivity index (χ3v) is 3.49. The zero-order valence-electron chi connectivity index (χ0n) is 14.0. The fourth-order valence-electron chi connectivity index (χ4n) is 2.20. The van der Waals surface area contributed by atoms with E-state index < -0.39 is 0 Å². The first-order valence-electron chi connectivity index (χ1n) is 7.46. The molecule has 24 heavy (non-hydrogen) atoms. The molecule has 0 fully saturated rings. The smallest absolute Gasteiger partial charge is 0.315 e. The van der Waals surface area contributed by atoms with Crippen molar-refractivity contribution < 1.29 is 23.4 Å². The SMILES string of the molecule is COc1ccc(CNC(=O)NCC(OC)c2ccco2)cc1OC. The van der Waals surface area contributed by atoms with Crippen molar-refractivity contribution in [1.82, 2.24) is 10.6 Å². The summed E-state index contributed by atoms with van der Waals surface area (Å²) in [5.41, 5.74) is 0.900. The van der Waals surface area contributed by atoms with Gasteiger partial charge in [-0.1, -0.05) is 6.07 Å². The van der Waals surface area contributed by atoms with Crippen LogP contribution in [0.5, 0.6) is 11.5 Å². The Kier molecular flexibility index (Phi) is 6.51. The summed E-state index contributed by atoms with van der Waals surface area (Å²) in [7, 11) is 4.71. The van der Waals surface area contributed by atoms with Crippen LogP contribution in [-0.4, -0.2) is 33.9 Å². The van der Waals surface area contributed by atoms with Crippen molar-refractivity contribution in [2.75, 3.05) is 27.9 Å². The van der Waals surface area contributed by atoms with Crippen LogP contribution in [0.25, 0.3) is 0 Å². The highest BCUT2D eigenvalue weighted by Crippen LogP contribution is 2.27. The van der Waals surface area contributed by atoms with Crippen molar-refractivity contribution in [2.45, 2.75) is 12.6 Å². The molecule has 2 rings (SSSR count). The lowest BCUT2D eigenvalue weighted by molar-refractivity contribution is 0.0850. The Morgan fingerprint density at radius 1 is 1.12 bits per heavy atom. The summed E-state index contributed by atoms with van der Waals surface area (Å²) in [6.07, 6.45) is 1.24. The molecule has 1 unspecified atom stereocenters. The molecule has 0 aliphatic heterocycles. The second kappa shape index (κ2) is 8.83. The molecule has 0 spiro atoms. The predicted molar refractivity (Wildman–Crippen MR) is 88.2 cm³/mol. The Bertz CT molecular complexity index is 642. The number of benzene rings is 1. The van der Waals surface area contributed by atoms with Crippen LogP contribution in [-0.2, 0) is 11.3 Å². The van der Waals surface area contributed by atoms with Crippen molar-refractivity contribution in [3.63, 3.8) is 0 Å². The van der Waals surface area contributed by atoms with Crippen LogP contribution in [0.4, 0.5) is 4.79 Å². The Morgan fingerprint density at radius 3 is 2.54 bits per heavy atom. The van der Waals surface area contributed by atoms with Crippen LogP contribution in [0.3, 0.4) is 0 Å². The number of hydrogen-bond donors (Lipinski definition) is 2. The Hall–Kier alpha value is -2.67. The molecule has 1 heterocycles. The van der Waals surface area contributed by atoms with Crippen molar-refractivity contribution in [2.24, 2.45) is 0 Å². The molecule has 1 aromatic carbocycles. The van der Waals surface area contributed by atoms with Gasteiger partial charge in [0.1, 0.15) is 11.9 Å². The van der Waals surface area contributed by atoms with Gasteiger partial charge in [0.15, 0.2) is 11.5 Å². The summed E-state index contributed by atoms with van der Waals surface area (Å²) in [5, 5.41) is 5.53. The summed E-state index contributed by atoms with van der Waals surface area (Å²) < 4.78 is 21.0. The van der Waals surface area contributed by atoms with Gasteiger partial charge < -0.3 is 29.3 Å². The number of ether oxygens (including phenoxy) is 3. The zero-order valence-corrected chi connectivity index (χ0v) is 14.0. The van der Waals surface area contributed by atoms with E-state index in [2.05, 4.69) is 10.6 Å². The molecule has 0 aliphatic carbocycles. The van der Waals surface area contributed by atoms with Gasteiger partial charge in [-0.05, 0) is 29.8 Å². The highest BCUT2D eigenvalue weighted by Gasteiger charge is 2.14. The number of amides is 2. The first-order valence-corrected chi connectivity index (χ1v) is 7.46. The van der Waals surface area contributed by atoms with E-state index in [0.717, 1.165) is 5.56 Å². The highest BCUT2D eigenvalue weighted by atomic mass is 16.5. The van der Waals surface area contributed by atoms with Crippen molar-refractivity contribution >= 4 is 6.03 Å². The predicted octanol–water partition coefficient (Wildman–Crippen LogP) is 2.48. The Labute approximate surface area is 140 Å². The maximum Gasteiger partial charge on any atom is 0.315 e. The first-order chi connectivity index (χ1) is 11.7. The minimum absolute atomic E-state index is 0.293. The number of carbonyl (C=O) groups is 1. The number of nitrogens with one attached hydrogen (secondary N) is 2. The van der Waals surface area contributed by atoms with Gasteiger partial charge in [-0.2, -0.15) is 0 Å². The molecule has 2 aromatic rings. The molecule has 0 aliphatic rings. The van der Waals surface area contributed by atoms with Crippen LogP contribution in [0.1, 0.15) is 17.4 Å². The van der Waals surface area contributed by atoms with Crippen LogP contribution in [0.2, 0.25) is 0 Å². The van der Waals surface area contributed by atoms with E-state index in [1.54, 1.807) is 45.8 Å². The van der Waals surface area contributed by atoms with E-state index in [1.807, 2.05) is 12.1 Å². The van der Waals surface area contributed by atoms with Gasteiger partial charge in [-0.3, -0.25) is 0 Å². The monoisotopic (exact) mass is 334 g/mol. The average Bonchev–Trinajstić information content (AvgIpc) is 3.14. The van der Waals surface area contributed by atoms with E-state index in [1.165, 1.54) is 0 Å². The molecular weight excluding hydrogens is 312 g/mol. The summed E-state index contributed by atoms with van der Waals surface area (Å²) in [5.74, 6) is 1.93. The minimum Gasteiger partial charge on any atom is -0.493 e. The van der Waals surface area contributed by atoms with Crippen LogP contribution in [0, 0.1) is 0 Å². The first kappa shape index (κ1) is 17.7. The molecular formula is C17H22N2O5. The fourth-order valence-corrected chi connectivity index (χ4v) is 2.20. The summed E-state index contributed by atoms with van der Waals surface area (Å²) in [4.78, 5) is 11.9. The number of carbonyl (C=O) groups excluding carboxylic acids is 1. The molecule has 2 amide bonds. The van der Waals surface area contributed by atoms with Gasteiger partial charge in [0, 0.05) is 13.7 Å². The molecule has 0 bridgehead atoms. The third-order valence-electron chi connectivity index (χ3n) is 3.49. The van der Waals surface area contributed by atoms with E-state index in [0.29, 0.717) is 30.3 Å². The van der Waals surface area contributed by atoms with Gasteiger partial charge in [0.25, 0.3) is 0 Å². The Balaban J connectivity index is 1.82. The average molecular weight is 334 g/mol. The maximum atomic E-state index is 11.9. The lowest BCUT2D eigenvalue weighted by atomic mass is 10.2. The van der Waals surface area contributed by atoms with E-state index >= 15 is 0 Å². The second-order valence-electron chi connectivity index (χ2n) is 4.99. The normalized spacial score (nSPS) is 11.6. The third kappa shape index (κ3) is 4.66. The zero-order chi connectivity index (χ0) is 17.4. The topological polar surface area (TPSA) is 82.0 Å². The van der Waals surface area contributed by atoms with Gasteiger partial charge in [0.2, 0.25) is 0 Å².